The van der Waals surface area contributed by atoms with Crippen molar-refractivity contribution in [3.05, 3.63) is 95.9 Å². The van der Waals surface area contributed by atoms with Crippen molar-refractivity contribution in [3.63, 3.8) is 0 Å². The Balaban J connectivity index is 0.000000403. The van der Waals surface area contributed by atoms with Gasteiger partial charge < -0.3 is 5.11 Å². The van der Waals surface area contributed by atoms with E-state index in [-0.39, 0.29) is 55.3 Å². The quantitative estimate of drug-likeness (QED) is 0.0814. The molecule has 0 aliphatic rings. The Morgan fingerprint density at radius 2 is 1.49 bits per heavy atom. The van der Waals surface area contributed by atoms with E-state index in [2.05, 4.69) is 51.1 Å². The molecule has 5 aromatic rings. The summed E-state index contributed by atoms with van der Waals surface area (Å²) in [5.74, 6) is 0.547. The molecule has 0 atom stereocenters. The fourth-order valence-electron chi connectivity index (χ4n) is 6.30. The van der Waals surface area contributed by atoms with Crippen LogP contribution in [0.2, 0.25) is 0 Å². The number of carbonyl (C=O) groups is 1. The van der Waals surface area contributed by atoms with E-state index in [0.29, 0.717) is 5.56 Å². The number of aromatic nitrogens is 2. The topological polar surface area (TPSA) is 63.1 Å². The summed E-state index contributed by atoms with van der Waals surface area (Å²) in [4.78, 5) is 21.3. The molecule has 0 unspecified atom stereocenters. The first-order valence-electron chi connectivity index (χ1n) is 18.3. The van der Waals surface area contributed by atoms with Crippen molar-refractivity contribution in [2.24, 2.45) is 17.3 Å². The van der Waals surface area contributed by atoms with Crippen LogP contribution >= 0.6 is 11.3 Å². The van der Waals surface area contributed by atoms with Crippen LogP contribution in [0.4, 0.5) is 13.2 Å². The van der Waals surface area contributed by atoms with Crippen molar-refractivity contribution >= 4 is 38.1 Å². The van der Waals surface area contributed by atoms with Gasteiger partial charge in [0.05, 0.1) is 16.7 Å². The van der Waals surface area contributed by atoms with E-state index in [9.17, 15) is 23.1 Å². The summed E-state index contributed by atoms with van der Waals surface area (Å²) >= 11 is 1.54. The molecule has 0 aliphatic carbocycles. The summed E-state index contributed by atoms with van der Waals surface area (Å²) in [5.41, 5.74) is 3.51. The molecular weight excluding hydrogens is 870 g/mol. The van der Waals surface area contributed by atoms with Gasteiger partial charge in [-0.1, -0.05) is 116 Å². The summed E-state index contributed by atoms with van der Waals surface area (Å²) < 4.78 is 40.9. The number of thiazole rings is 1. The van der Waals surface area contributed by atoms with Crippen LogP contribution in [-0.2, 0) is 36.7 Å². The zero-order chi connectivity index (χ0) is 38.4. The van der Waals surface area contributed by atoms with Crippen LogP contribution in [0.25, 0.3) is 42.8 Å². The van der Waals surface area contributed by atoms with Gasteiger partial charge in [-0.3, -0.25) is 9.78 Å². The number of allylic oxidation sites excluding steroid dienone is 2. The molecule has 0 spiro atoms. The SMILES string of the molecule is CC(C)(C)c1cc(-c2nccc3nc(-c4ccc(CC(C)(C)C(F)(F)F)cc4)sc23)[c-]c2ccccc12.CCC(CC)C(=O)/C=C(\O)C(CC)CC.[Ir]. The number of pyridine rings is 1. The van der Waals surface area contributed by atoms with Gasteiger partial charge in [-0.15, -0.1) is 40.5 Å². The number of benzene rings is 3. The maximum atomic E-state index is 13.3. The minimum atomic E-state index is -4.26. The second kappa shape index (κ2) is 18.3. The number of halogens is 3. The fourth-order valence-corrected chi connectivity index (χ4v) is 7.37. The van der Waals surface area contributed by atoms with Crippen molar-refractivity contribution in [1.29, 1.82) is 0 Å². The van der Waals surface area contributed by atoms with Crippen LogP contribution in [0.15, 0.2) is 78.7 Å². The van der Waals surface area contributed by atoms with Gasteiger partial charge in [-0.25, -0.2) is 4.98 Å². The number of ketones is 1. The first-order valence-corrected chi connectivity index (χ1v) is 19.1. The third-order valence-corrected chi connectivity index (χ3v) is 11.0. The number of hydrogen-bond donors (Lipinski definition) is 1. The minimum absolute atomic E-state index is 0. The largest absolute Gasteiger partial charge is 0.512 e. The molecule has 287 valence electrons. The van der Waals surface area contributed by atoms with Gasteiger partial charge in [-0.05, 0) is 49.1 Å². The van der Waals surface area contributed by atoms with Crippen LogP contribution < -0.4 is 0 Å². The average molecular weight is 922 g/mol. The molecule has 2 aromatic heterocycles. The van der Waals surface area contributed by atoms with Crippen molar-refractivity contribution in [2.45, 2.75) is 106 Å². The Morgan fingerprint density at radius 1 is 0.887 bits per heavy atom. The molecule has 0 saturated carbocycles. The number of aliphatic hydroxyl groups excluding tert-OH is 1. The first kappa shape index (κ1) is 44.0. The minimum Gasteiger partial charge on any atom is -0.512 e. The number of aliphatic hydroxyl groups is 1. The summed E-state index contributed by atoms with van der Waals surface area (Å²) in [6, 6.07) is 23.2. The van der Waals surface area contributed by atoms with Crippen LogP contribution in [0.1, 0.15) is 99.1 Å². The Kier molecular flexibility index (Phi) is 15.2. The van der Waals surface area contributed by atoms with E-state index >= 15 is 0 Å². The first-order chi connectivity index (χ1) is 24.4. The second-order valence-electron chi connectivity index (χ2n) is 15.2. The summed E-state index contributed by atoms with van der Waals surface area (Å²) in [5, 5.41) is 12.8. The molecule has 5 rings (SSSR count). The number of hydrogen-bond acceptors (Lipinski definition) is 5. The van der Waals surface area contributed by atoms with Crippen molar-refractivity contribution < 1.29 is 43.2 Å². The Hall–Kier alpha value is -3.39. The van der Waals surface area contributed by atoms with E-state index in [1.54, 1.807) is 29.7 Å². The maximum Gasteiger partial charge on any atom is 0.394 e. The van der Waals surface area contributed by atoms with E-state index < -0.39 is 11.6 Å². The molecule has 0 bridgehead atoms. The predicted octanol–water partition coefficient (Wildman–Crippen LogP) is 13.3. The predicted molar refractivity (Wildman–Crippen MR) is 211 cm³/mol. The van der Waals surface area contributed by atoms with Crippen molar-refractivity contribution in [1.82, 2.24) is 9.97 Å². The molecule has 2 heterocycles. The molecule has 3 aromatic carbocycles. The molecule has 53 heavy (non-hydrogen) atoms. The second-order valence-corrected chi connectivity index (χ2v) is 16.2. The Labute approximate surface area is 330 Å². The van der Waals surface area contributed by atoms with Gasteiger partial charge in [0.15, 0.2) is 5.78 Å². The third kappa shape index (κ3) is 10.6. The van der Waals surface area contributed by atoms with E-state index in [1.807, 2.05) is 52.0 Å². The fraction of sp³-hybridized carbons (Fsp3) is 0.432. The molecule has 0 aliphatic heterocycles. The van der Waals surface area contributed by atoms with Crippen LogP contribution in [0.3, 0.4) is 0 Å². The number of alkyl halides is 3. The summed E-state index contributed by atoms with van der Waals surface area (Å²) in [6.07, 6.45) is 2.35. The van der Waals surface area contributed by atoms with Gasteiger partial charge >= 0.3 is 6.18 Å². The smallest absolute Gasteiger partial charge is 0.394 e. The van der Waals surface area contributed by atoms with E-state index in [1.165, 1.54) is 30.9 Å². The average Bonchev–Trinajstić information content (AvgIpc) is 3.53. The van der Waals surface area contributed by atoms with Crippen LogP contribution in [-0.4, -0.2) is 27.0 Å². The van der Waals surface area contributed by atoms with E-state index in [0.717, 1.165) is 63.1 Å². The van der Waals surface area contributed by atoms with Gasteiger partial charge in [0, 0.05) is 60.2 Å². The Bertz CT molecular complexity index is 2000. The van der Waals surface area contributed by atoms with Gasteiger partial charge in [-0.2, -0.15) is 13.2 Å². The summed E-state index contributed by atoms with van der Waals surface area (Å²) in [7, 11) is 0. The van der Waals surface area contributed by atoms with Crippen molar-refractivity contribution in [2.75, 3.05) is 0 Å². The third-order valence-electron chi connectivity index (χ3n) is 9.84. The standard InChI is InChI=1S/C31H28F3N2S.C13H24O2.Ir/c1-29(2,3)24-17-22(16-21-8-6-7-9-23(21)24)26-27-25(14-15-35-26)36-28(37-27)20-12-10-19(11-13-20)18-30(4,5)31(32,33)34;1-5-10(6-2)12(14)9-13(15)11(7-3)8-4;/h6-15,17H,18H2,1-5H3;9-11,14H,5-8H2,1-4H3;/q-1;;/b;12-9-;. The van der Waals surface area contributed by atoms with Crippen LogP contribution in [0, 0.1) is 23.3 Å². The molecule has 4 nitrogen and oxygen atoms in total. The molecule has 0 fully saturated rings. The Morgan fingerprint density at radius 3 is 2.06 bits per heavy atom. The normalized spacial score (nSPS) is 12.6. The molecule has 0 amide bonds. The molecule has 9 heteroatoms. The van der Waals surface area contributed by atoms with Gasteiger partial charge in [0.2, 0.25) is 0 Å². The van der Waals surface area contributed by atoms with E-state index in [4.69, 9.17) is 9.97 Å². The number of fused-ring (bicyclic) bond motifs is 2. The molecule has 1 radical (unpaired) electrons. The zero-order valence-corrected chi connectivity index (χ0v) is 35.5. The summed E-state index contributed by atoms with van der Waals surface area (Å²) in [6.45, 7) is 17.2. The molecule has 1 N–H and O–H groups in total. The van der Waals surface area contributed by atoms with Crippen LogP contribution in [0.5, 0.6) is 0 Å². The number of carbonyl (C=O) groups excluding carboxylic acids is 1. The maximum absolute atomic E-state index is 13.3. The molecular formula is C44H52F3IrN2O2S-. The zero-order valence-electron chi connectivity index (χ0n) is 32.2. The molecule has 0 saturated heterocycles. The van der Waals surface area contributed by atoms with Gasteiger partial charge in [0.1, 0.15) is 5.01 Å². The van der Waals surface area contributed by atoms with Gasteiger partial charge in [0.25, 0.3) is 0 Å². The monoisotopic (exact) mass is 922 g/mol. The number of rotatable bonds is 11. The van der Waals surface area contributed by atoms with Crippen molar-refractivity contribution in [3.8, 4) is 21.8 Å². The number of nitrogens with zero attached hydrogens (tertiary/aromatic N) is 2.